The highest BCUT2D eigenvalue weighted by atomic mass is 35.5. The molecule has 0 aromatic carbocycles. The van der Waals surface area contributed by atoms with Gasteiger partial charge < -0.3 is 51.9 Å². The van der Waals surface area contributed by atoms with E-state index in [2.05, 4.69) is 179 Å². The van der Waals surface area contributed by atoms with E-state index in [0.717, 1.165) is 0 Å². The summed E-state index contributed by atoms with van der Waals surface area (Å²) < 4.78 is 88.4. The first-order valence-electron chi connectivity index (χ1n) is 30.4. The van der Waals surface area contributed by atoms with Gasteiger partial charge in [-0.25, -0.2) is 0 Å². The van der Waals surface area contributed by atoms with Crippen molar-refractivity contribution in [1.82, 2.24) is 0 Å². The predicted octanol–water partition coefficient (Wildman–Crippen LogP) is 18.1. The van der Waals surface area contributed by atoms with E-state index in [9.17, 15) is 42.1 Å². The molecular formula is C51H117Cl6N3O18P6. The van der Waals surface area contributed by atoms with Crippen LogP contribution >= 0.6 is 117 Å². The van der Waals surface area contributed by atoms with Crippen LogP contribution in [0.25, 0.3) is 0 Å². The first-order chi connectivity index (χ1) is 39.2. The van der Waals surface area contributed by atoms with Gasteiger partial charge in [-0.2, -0.15) is 24.5 Å². The summed E-state index contributed by atoms with van der Waals surface area (Å²) in [6.45, 7) is 45.1. The molecule has 1 unspecified atom stereocenters. The third-order valence-electron chi connectivity index (χ3n) is 13.5. The molecule has 0 spiro atoms. The highest BCUT2D eigenvalue weighted by Crippen LogP contribution is 2.61. The Morgan fingerprint density at radius 3 is 0.500 bits per heavy atom. The van der Waals surface area contributed by atoms with Crippen LogP contribution in [0.3, 0.4) is 0 Å². The number of rotatable bonds is 48. The van der Waals surface area contributed by atoms with Crippen LogP contribution in [0.2, 0.25) is 0 Å². The summed E-state index contributed by atoms with van der Waals surface area (Å²) in [6.07, 6.45) is 33.2. The fourth-order valence-corrected chi connectivity index (χ4v) is 18.2. The molecule has 0 aromatic heterocycles. The lowest BCUT2D eigenvalue weighted by Crippen LogP contribution is -2.50. The molecular weight excluding hydrogens is 1340 g/mol. The summed E-state index contributed by atoms with van der Waals surface area (Å²) in [5.41, 5.74) is 0. The predicted molar refractivity (Wildman–Crippen MR) is 347 cm³/mol. The van der Waals surface area contributed by atoms with E-state index in [4.69, 9.17) is 14.7 Å². The Morgan fingerprint density at radius 1 is 0.286 bits per heavy atom. The first-order valence-corrected chi connectivity index (χ1v) is 42.8. The Bertz CT molecular complexity index is 1450. The summed E-state index contributed by atoms with van der Waals surface area (Å²) in [6, 6.07) is 0. The lowest BCUT2D eigenvalue weighted by molar-refractivity contribution is -0.929. The molecule has 0 fully saturated rings. The maximum absolute atomic E-state index is 10.8. The summed E-state index contributed by atoms with van der Waals surface area (Å²) in [7, 11) is -26.5. The minimum absolute atomic E-state index is 1.15. The summed E-state index contributed by atoms with van der Waals surface area (Å²) in [5.74, 6) is -3.77. The van der Waals surface area contributed by atoms with E-state index in [1.807, 2.05) is 0 Å². The lowest BCUT2D eigenvalue weighted by Gasteiger charge is -2.39. The van der Waals surface area contributed by atoms with Crippen molar-refractivity contribution in [2.75, 3.05) is 96.2 Å². The molecule has 84 heavy (non-hydrogen) atoms. The van der Waals surface area contributed by atoms with Crippen molar-refractivity contribution in [1.29, 1.82) is 0 Å². The number of quaternary nitrogens is 3. The van der Waals surface area contributed by atoms with E-state index in [1.54, 1.807) is 0 Å². The molecule has 3 N–H and O–H groups in total. The van der Waals surface area contributed by atoms with Gasteiger partial charge in [0.2, 0.25) is 0 Å². The second-order valence-corrected chi connectivity index (χ2v) is 35.7. The molecule has 0 radical (unpaired) electrons. The fraction of sp³-hybridized carbons (Fsp3) is 1.00. The van der Waals surface area contributed by atoms with E-state index in [-0.39, 0.29) is 0 Å². The molecule has 0 heterocycles. The SMILES string of the molecule is CCCC[N+](CCCC)(CCCC)CCCC.CCCC[N+](CCCC)(CCCC)CCCC.CCCC[N+](CCCC)(CCCC)CCCC.O=P(O)(O)CP(=O)(OCl)OCl.O=P([O-])(O)CP(=O)(OCl)OCl.O=P([O-])([O-])CP(=O)(OCl)OCl. The minimum Gasteiger partial charge on any atom is -0.810 e. The Balaban J connectivity index is -0.000000220. The summed E-state index contributed by atoms with van der Waals surface area (Å²) in [5, 5.41) is 0. The van der Waals surface area contributed by atoms with Crippen LogP contribution in [0.5, 0.6) is 0 Å². The molecule has 0 aromatic rings. The van der Waals surface area contributed by atoms with Crippen molar-refractivity contribution >= 4 is 117 Å². The summed E-state index contributed by atoms with van der Waals surface area (Å²) >= 11 is 27.4. The molecule has 0 saturated heterocycles. The molecule has 21 nitrogen and oxygen atoms in total. The third kappa shape index (κ3) is 60.7. The highest BCUT2D eigenvalue weighted by molar-refractivity contribution is 7.71. The molecule has 0 bridgehead atoms. The van der Waals surface area contributed by atoms with Gasteiger partial charge in [-0.3, -0.25) is 18.3 Å². The standard InChI is InChI=1S/3C16H36N.3CH4Cl2O6P2/c3*1-5-9-13-17(14-10-6-2,15-11-7-3)16-12-8-4;3*2-8-11(7,9-3)1-10(4,5)6/h3*5-16H2,1-4H3;3*1H2,(H2,4,5,6)/q3*+1;;;/p-3. The molecule has 0 rings (SSSR count). The minimum atomic E-state index is -5.00. The second-order valence-electron chi connectivity index (χ2n) is 21.5. The maximum Gasteiger partial charge on any atom is 0.375 e. The van der Waals surface area contributed by atoms with E-state index < -0.39 is 63.3 Å². The van der Waals surface area contributed by atoms with Crippen LogP contribution in [-0.2, 0) is 51.8 Å². The Labute approximate surface area is 541 Å². The van der Waals surface area contributed by atoms with Crippen LogP contribution in [0.15, 0.2) is 0 Å². The molecule has 0 aliphatic rings. The Hall–Kier alpha value is 2.52. The molecule has 33 heteroatoms. The largest absolute Gasteiger partial charge is 0.810 e. The third-order valence-corrected chi connectivity index (χ3v) is 27.0. The van der Waals surface area contributed by atoms with Gasteiger partial charge in [-0.15, -0.1) is 0 Å². The van der Waals surface area contributed by atoms with Crippen LogP contribution in [0, 0.1) is 0 Å². The van der Waals surface area contributed by atoms with Crippen molar-refractivity contribution < 1.29 is 94.7 Å². The van der Waals surface area contributed by atoms with Gasteiger partial charge in [0, 0.05) is 0 Å². The van der Waals surface area contributed by atoms with Gasteiger partial charge >= 0.3 is 30.4 Å². The molecule has 0 amide bonds. The van der Waals surface area contributed by atoms with Gasteiger partial charge in [0.05, 0.1) is 156 Å². The zero-order valence-electron chi connectivity index (χ0n) is 53.3. The topological polar surface area (TPSA) is 288 Å². The van der Waals surface area contributed by atoms with Crippen molar-refractivity contribution in [3.05, 3.63) is 0 Å². The molecule has 516 valence electrons. The monoisotopic (exact) mass is 1460 g/mol. The Kier molecular flexibility index (Phi) is 68.9. The van der Waals surface area contributed by atoms with Crippen molar-refractivity contribution in [3.8, 4) is 0 Å². The van der Waals surface area contributed by atoms with Crippen LogP contribution in [-0.4, -0.2) is 124 Å². The number of halogens is 6. The van der Waals surface area contributed by atoms with Crippen molar-refractivity contribution in [2.24, 2.45) is 0 Å². The lowest BCUT2D eigenvalue weighted by atomic mass is 10.1. The number of unbranched alkanes of at least 4 members (excludes halogenated alkanes) is 12. The average Bonchev–Trinajstić information content (AvgIpc) is 3.47. The van der Waals surface area contributed by atoms with Gasteiger partial charge in [-0.1, -0.05) is 168 Å². The van der Waals surface area contributed by atoms with Gasteiger partial charge in [0.25, 0.3) is 0 Å². The molecule has 0 aliphatic heterocycles. The smallest absolute Gasteiger partial charge is 0.375 e. The van der Waals surface area contributed by atoms with E-state index in [1.165, 1.54) is 246 Å². The average molecular weight is 1460 g/mol. The zero-order valence-corrected chi connectivity index (χ0v) is 63.2. The van der Waals surface area contributed by atoms with Crippen LogP contribution in [0.1, 0.15) is 237 Å². The first kappa shape index (κ1) is 97.6. The number of nitrogens with zero attached hydrogens (tertiary/aromatic N) is 3. The highest BCUT2D eigenvalue weighted by Gasteiger charge is 2.35. The zero-order chi connectivity index (χ0) is 66.3. The maximum atomic E-state index is 10.8. The van der Waals surface area contributed by atoms with E-state index >= 15 is 0 Å². The quantitative estimate of drug-likeness (QED) is 0.0377. The molecule has 1 atom stereocenters. The molecule has 0 aliphatic carbocycles. The second kappa shape index (κ2) is 59.3. The van der Waals surface area contributed by atoms with Gasteiger partial charge in [0.15, 0.2) is 5.90 Å². The van der Waals surface area contributed by atoms with Crippen LogP contribution < -0.4 is 14.7 Å². The number of hydrogen-bond acceptors (Lipinski definition) is 15. The Morgan fingerprint density at radius 2 is 0.429 bits per heavy atom. The molecule has 0 saturated carbocycles. The van der Waals surface area contributed by atoms with Crippen molar-refractivity contribution in [2.45, 2.75) is 237 Å². The van der Waals surface area contributed by atoms with Crippen LogP contribution in [0.4, 0.5) is 0 Å². The van der Waals surface area contributed by atoms with Gasteiger partial charge in [-0.05, 0) is 77.0 Å². The van der Waals surface area contributed by atoms with Gasteiger partial charge in [0.1, 0.15) is 13.5 Å². The van der Waals surface area contributed by atoms with E-state index in [0.29, 0.717) is 0 Å². The normalized spacial score (nSPS) is 13.1. The number of hydrogen-bond donors (Lipinski definition) is 3. The fourth-order valence-electron chi connectivity index (χ4n) is 8.75. The summed E-state index contributed by atoms with van der Waals surface area (Å²) in [4.78, 5) is 54.8. The van der Waals surface area contributed by atoms with Crippen molar-refractivity contribution in [3.63, 3.8) is 0 Å².